The van der Waals surface area contributed by atoms with Crippen molar-refractivity contribution in [3.05, 3.63) is 30.3 Å². The zero-order valence-electron chi connectivity index (χ0n) is 12.2. The number of ether oxygens (including phenoxy) is 1. The Labute approximate surface area is 120 Å². The third-order valence-corrected chi connectivity index (χ3v) is 3.92. The van der Waals surface area contributed by atoms with Crippen molar-refractivity contribution in [3.63, 3.8) is 0 Å². The second kappa shape index (κ2) is 6.75. The van der Waals surface area contributed by atoms with Crippen molar-refractivity contribution in [2.24, 2.45) is 5.73 Å². The van der Waals surface area contributed by atoms with Crippen LogP contribution in [0.5, 0.6) is 5.75 Å². The number of benzene rings is 1. The van der Waals surface area contributed by atoms with Gasteiger partial charge in [-0.15, -0.1) is 0 Å². The highest BCUT2D eigenvalue weighted by Gasteiger charge is 2.38. The minimum atomic E-state index is -0.616. The summed E-state index contributed by atoms with van der Waals surface area (Å²) >= 11 is 0. The van der Waals surface area contributed by atoms with Crippen LogP contribution in [0.25, 0.3) is 0 Å². The van der Waals surface area contributed by atoms with E-state index in [1.165, 1.54) is 0 Å². The minimum absolute atomic E-state index is 0.0784. The highest BCUT2D eigenvalue weighted by molar-refractivity contribution is 5.86. The molecule has 0 bridgehead atoms. The van der Waals surface area contributed by atoms with E-state index >= 15 is 0 Å². The molecule has 1 aromatic rings. The van der Waals surface area contributed by atoms with E-state index in [4.69, 9.17) is 10.5 Å². The Balaban J connectivity index is 1.70. The monoisotopic (exact) mass is 276 g/mol. The lowest BCUT2D eigenvalue weighted by Crippen LogP contribution is -2.52. The van der Waals surface area contributed by atoms with Crippen LogP contribution in [-0.2, 0) is 4.79 Å². The van der Waals surface area contributed by atoms with Gasteiger partial charge in [-0.05, 0) is 31.4 Å². The van der Waals surface area contributed by atoms with Crippen LogP contribution in [0, 0.1) is 0 Å². The predicted octanol–water partition coefficient (Wildman–Crippen LogP) is 2.19. The van der Waals surface area contributed by atoms with E-state index < -0.39 is 5.54 Å². The molecule has 0 unspecified atom stereocenters. The van der Waals surface area contributed by atoms with Gasteiger partial charge in [-0.1, -0.05) is 31.0 Å². The van der Waals surface area contributed by atoms with E-state index in [0.29, 0.717) is 13.2 Å². The first kappa shape index (κ1) is 14.9. The summed E-state index contributed by atoms with van der Waals surface area (Å²) in [5, 5.41) is 0. The summed E-state index contributed by atoms with van der Waals surface area (Å²) in [7, 11) is 1.83. The van der Waals surface area contributed by atoms with E-state index in [-0.39, 0.29) is 5.91 Å². The summed E-state index contributed by atoms with van der Waals surface area (Å²) in [6, 6.07) is 9.72. The molecule has 2 rings (SSSR count). The van der Waals surface area contributed by atoms with E-state index in [1.54, 1.807) is 4.90 Å². The van der Waals surface area contributed by atoms with E-state index in [0.717, 1.165) is 37.9 Å². The van der Waals surface area contributed by atoms with Crippen molar-refractivity contribution in [2.75, 3.05) is 20.2 Å². The molecular weight excluding hydrogens is 252 g/mol. The number of nitrogens with two attached hydrogens (primary N) is 1. The summed E-state index contributed by atoms with van der Waals surface area (Å²) in [4.78, 5) is 14.0. The molecule has 1 amide bonds. The summed E-state index contributed by atoms with van der Waals surface area (Å²) in [6.45, 7) is 1.30. The van der Waals surface area contributed by atoms with Crippen molar-refractivity contribution in [2.45, 2.75) is 37.6 Å². The van der Waals surface area contributed by atoms with Crippen LogP contribution in [-0.4, -0.2) is 36.5 Å². The first-order valence-electron chi connectivity index (χ1n) is 7.34. The van der Waals surface area contributed by atoms with Crippen molar-refractivity contribution in [3.8, 4) is 5.75 Å². The predicted molar refractivity (Wildman–Crippen MR) is 79.6 cm³/mol. The highest BCUT2D eigenvalue weighted by Crippen LogP contribution is 2.28. The molecule has 0 radical (unpaired) electrons. The Kier molecular flexibility index (Phi) is 5.01. The zero-order chi connectivity index (χ0) is 14.4. The van der Waals surface area contributed by atoms with Crippen LogP contribution in [0.2, 0.25) is 0 Å². The van der Waals surface area contributed by atoms with Crippen molar-refractivity contribution in [1.82, 2.24) is 4.90 Å². The van der Waals surface area contributed by atoms with Gasteiger partial charge in [0.25, 0.3) is 0 Å². The molecule has 20 heavy (non-hydrogen) atoms. The van der Waals surface area contributed by atoms with Gasteiger partial charge in [-0.2, -0.15) is 0 Å². The molecule has 2 N–H and O–H groups in total. The van der Waals surface area contributed by atoms with Crippen LogP contribution in [0.3, 0.4) is 0 Å². The molecule has 0 atom stereocenters. The van der Waals surface area contributed by atoms with Crippen molar-refractivity contribution >= 4 is 5.91 Å². The fourth-order valence-corrected chi connectivity index (χ4v) is 2.71. The van der Waals surface area contributed by atoms with Crippen molar-refractivity contribution < 1.29 is 9.53 Å². The first-order valence-corrected chi connectivity index (χ1v) is 7.34. The van der Waals surface area contributed by atoms with Crippen LogP contribution < -0.4 is 10.5 Å². The highest BCUT2D eigenvalue weighted by atomic mass is 16.5. The van der Waals surface area contributed by atoms with Gasteiger partial charge in [-0.25, -0.2) is 0 Å². The summed E-state index contributed by atoms with van der Waals surface area (Å²) in [6.07, 6.45) is 4.57. The van der Waals surface area contributed by atoms with Crippen LogP contribution in [0.1, 0.15) is 32.1 Å². The summed E-state index contributed by atoms with van der Waals surface area (Å²) in [5.41, 5.74) is 5.56. The number of para-hydroxylation sites is 1. The van der Waals surface area contributed by atoms with Gasteiger partial charge in [0.05, 0.1) is 12.1 Å². The third kappa shape index (κ3) is 3.73. The molecule has 1 fully saturated rings. The number of carbonyl (C=O) groups is 1. The molecule has 4 nitrogen and oxygen atoms in total. The van der Waals surface area contributed by atoms with Crippen LogP contribution >= 0.6 is 0 Å². The van der Waals surface area contributed by atoms with E-state index in [1.807, 2.05) is 37.4 Å². The van der Waals surface area contributed by atoms with Gasteiger partial charge in [0.1, 0.15) is 5.75 Å². The minimum Gasteiger partial charge on any atom is -0.494 e. The maximum atomic E-state index is 12.3. The standard InChI is InChI=1S/C16H24N2O2/c1-18(15(19)16(17)10-5-6-11-16)12-7-13-20-14-8-3-2-4-9-14/h2-4,8-9H,5-7,10-13,17H2,1H3. The maximum absolute atomic E-state index is 12.3. The van der Waals surface area contributed by atoms with Gasteiger partial charge in [0, 0.05) is 13.6 Å². The molecule has 1 aromatic carbocycles. The number of amides is 1. The van der Waals surface area contributed by atoms with Gasteiger partial charge in [0.15, 0.2) is 0 Å². The Morgan fingerprint density at radius 3 is 2.60 bits per heavy atom. The lowest BCUT2D eigenvalue weighted by Gasteiger charge is -2.28. The van der Waals surface area contributed by atoms with Crippen LogP contribution in [0.15, 0.2) is 30.3 Å². The Morgan fingerprint density at radius 2 is 1.95 bits per heavy atom. The number of hydrogen-bond donors (Lipinski definition) is 1. The second-order valence-electron chi connectivity index (χ2n) is 5.61. The lowest BCUT2D eigenvalue weighted by molar-refractivity contribution is -0.135. The molecule has 110 valence electrons. The normalized spacial score (nSPS) is 16.9. The van der Waals surface area contributed by atoms with Gasteiger partial charge in [0.2, 0.25) is 5.91 Å². The van der Waals surface area contributed by atoms with Gasteiger partial charge < -0.3 is 15.4 Å². The fourth-order valence-electron chi connectivity index (χ4n) is 2.71. The van der Waals surface area contributed by atoms with E-state index in [2.05, 4.69) is 0 Å². The maximum Gasteiger partial charge on any atom is 0.242 e. The molecule has 0 saturated heterocycles. The first-order chi connectivity index (χ1) is 9.62. The average Bonchev–Trinajstić information content (AvgIpc) is 2.92. The van der Waals surface area contributed by atoms with Crippen LogP contribution in [0.4, 0.5) is 0 Å². The second-order valence-corrected chi connectivity index (χ2v) is 5.61. The Bertz CT molecular complexity index is 427. The summed E-state index contributed by atoms with van der Waals surface area (Å²) in [5.74, 6) is 0.947. The number of rotatable bonds is 6. The topological polar surface area (TPSA) is 55.6 Å². The molecule has 0 aliphatic heterocycles. The molecule has 0 spiro atoms. The summed E-state index contributed by atoms with van der Waals surface area (Å²) < 4.78 is 5.62. The average molecular weight is 276 g/mol. The SMILES string of the molecule is CN(CCCOc1ccccc1)C(=O)C1(N)CCCC1. The zero-order valence-corrected chi connectivity index (χ0v) is 12.2. The van der Waals surface area contributed by atoms with Gasteiger partial charge in [-0.3, -0.25) is 4.79 Å². The smallest absolute Gasteiger partial charge is 0.242 e. The fraction of sp³-hybridized carbons (Fsp3) is 0.562. The molecule has 4 heteroatoms. The molecule has 1 saturated carbocycles. The van der Waals surface area contributed by atoms with Crippen molar-refractivity contribution in [1.29, 1.82) is 0 Å². The van der Waals surface area contributed by atoms with E-state index in [9.17, 15) is 4.79 Å². The molecular formula is C16H24N2O2. The Morgan fingerprint density at radius 1 is 1.30 bits per heavy atom. The molecule has 1 aliphatic rings. The number of nitrogens with zero attached hydrogens (tertiary/aromatic N) is 1. The Hall–Kier alpha value is -1.55. The third-order valence-electron chi connectivity index (χ3n) is 3.92. The number of carbonyl (C=O) groups excluding carboxylic acids is 1. The lowest BCUT2D eigenvalue weighted by atomic mass is 9.97. The molecule has 0 heterocycles. The molecule has 1 aliphatic carbocycles. The largest absolute Gasteiger partial charge is 0.494 e. The number of likely N-dealkylation sites (N-methyl/N-ethyl adjacent to an activating group) is 1. The quantitative estimate of drug-likeness (QED) is 0.810. The number of hydrogen-bond acceptors (Lipinski definition) is 3. The molecule has 0 aromatic heterocycles. The van der Waals surface area contributed by atoms with Gasteiger partial charge >= 0.3 is 0 Å².